The summed E-state index contributed by atoms with van der Waals surface area (Å²) in [5.41, 5.74) is 0.417. The zero-order chi connectivity index (χ0) is 17.6. The number of alkyl halides is 4. The number of aromatic nitrogens is 2. The van der Waals surface area contributed by atoms with E-state index < -0.39 is 29.9 Å². The lowest BCUT2D eigenvalue weighted by Gasteiger charge is -2.07. The first-order valence-corrected chi connectivity index (χ1v) is 6.77. The van der Waals surface area contributed by atoms with Gasteiger partial charge in [-0.15, -0.1) is 0 Å². The van der Waals surface area contributed by atoms with E-state index in [0.717, 1.165) is 13.1 Å². The highest BCUT2D eigenvalue weighted by atomic mass is 19.4. The molecule has 1 aromatic carbocycles. The molecular formula is C15H9F4N3O2. The standard InChI is InChI=1S/C15H9F4N3O2/c1-6(16)13(24)21-7-2-3-8-9(4-7)12(23)11-10(8)5-20-14(22-11)15(17,18)19/h2-6H,1H3,(H,21,24). The zero-order valence-corrected chi connectivity index (χ0v) is 12.1. The maximum Gasteiger partial charge on any atom is 0.451 e. The van der Waals surface area contributed by atoms with Crippen molar-refractivity contribution in [3.63, 3.8) is 0 Å². The van der Waals surface area contributed by atoms with Crippen LogP contribution in [-0.4, -0.2) is 27.8 Å². The number of benzene rings is 1. The molecule has 24 heavy (non-hydrogen) atoms. The number of hydrogen-bond acceptors (Lipinski definition) is 4. The van der Waals surface area contributed by atoms with Crippen LogP contribution < -0.4 is 5.32 Å². The zero-order valence-electron chi connectivity index (χ0n) is 12.1. The molecule has 1 heterocycles. The molecule has 3 rings (SSSR count). The van der Waals surface area contributed by atoms with Crippen LogP contribution in [0.5, 0.6) is 0 Å². The third-order valence-corrected chi connectivity index (χ3v) is 3.44. The Hall–Kier alpha value is -2.84. The van der Waals surface area contributed by atoms with Gasteiger partial charge in [0.2, 0.25) is 11.6 Å². The third kappa shape index (κ3) is 2.61. The van der Waals surface area contributed by atoms with Crippen molar-refractivity contribution in [2.75, 3.05) is 5.32 Å². The van der Waals surface area contributed by atoms with Crippen molar-refractivity contribution in [1.29, 1.82) is 0 Å². The predicted octanol–water partition coefficient (Wildman–Crippen LogP) is 3.00. The molecule has 0 spiro atoms. The van der Waals surface area contributed by atoms with Gasteiger partial charge in [-0.1, -0.05) is 6.07 Å². The first-order valence-electron chi connectivity index (χ1n) is 6.77. The first kappa shape index (κ1) is 16.0. The summed E-state index contributed by atoms with van der Waals surface area (Å²) in [6.45, 7) is 1.05. The number of fused-ring (bicyclic) bond motifs is 3. The fourth-order valence-corrected chi connectivity index (χ4v) is 2.30. The van der Waals surface area contributed by atoms with Crippen molar-refractivity contribution in [2.45, 2.75) is 19.3 Å². The summed E-state index contributed by atoms with van der Waals surface area (Å²) < 4.78 is 50.9. The lowest BCUT2D eigenvalue weighted by atomic mass is 10.1. The summed E-state index contributed by atoms with van der Waals surface area (Å²) in [5, 5.41) is 2.27. The van der Waals surface area contributed by atoms with Crippen LogP contribution in [0.4, 0.5) is 23.2 Å². The van der Waals surface area contributed by atoms with Gasteiger partial charge in [-0.2, -0.15) is 13.2 Å². The highest BCUT2D eigenvalue weighted by Gasteiger charge is 2.38. The largest absolute Gasteiger partial charge is 0.451 e. The number of carbonyl (C=O) groups excluding carboxylic acids is 2. The van der Waals surface area contributed by atoms with Crippen molar-refractivity contribution in [3.05, 3.63) is 41.5 Å². The Morgan fingerprint density at radius 2 is 1.92 bits per heavy atom. The van der Waals surface area contributed by atoms with Crippen LogP contribution in [0.15, 0.2) is 24.4 Å². The molecule has 0 saturated carbocycles. The SMILES string of the molecule is CC(F)C(=O)Nc1ccc2c(c1)C(=O)c1nc(C(F)(F)F)ncc1-2. The van der Waals surface area contributed by atoms with Gasteiger partial charge < -0.3 is 5.32 Å². The molecule has 5 nitrogen and oxygen atoms in total. The molecule has 0 radical (unpaired) electrons. The second-order valence-corrected chi connectivity index (χ2v) is 5.15. The van der Waals surface area contributed by atoms with Gasteiger partial charge in [0, 0.05) is 23.0 Å². The Kier molecular flexibility index (Phi) is 3.58. The van der Waals surface area contributed by atoms with E-state index in [2.05, 4.69) is 15.3 Å². The van der Waals surface area contributed by atoms with Crippen LogP contribution in [-0.2, 0) is 11.0 Å². The summed E-state index contributed by atoms with van der Waals surface area (Å²) >= 11 is 0. The van der Waals surface area contributed by atoms with E-state index >= 15 is 0 Å². The minimum atomic E-state index is -4.76. The van der Waals surface area contributed by atoms with E-state index in [9.17, 15) is 27.2 Å². The predicted molar refractivity (Wildman–Crippen MR) is 75.1 cm³/mol. The third-order valence-electron chi connectivity index (χ3n) is 3.44. The molecule has 1 aliphatic carbocycles. The highest BCUT2D eigenvalue weighted by molar-refractivity contribution is 6.21. The lowest BCUT2D eigenvalue weighted by Crippen LogP contribution is -2.21. The molecule has 0 bridgehead atoms. The van der Waals surface area contributed by atoms with Crippen LogP contribution in [0.2, 0.25) is 0 Å². The van der Waals surface area contributed by atoms with Crippen LogP contribution in [0.3, 0.4) is 0 Å². The number of carbonyl (C=O) groups is 2. The van der Waals surface area contributed by atoms with E-state index in [4.69, 9.17) is 0 Å². The number of amides is 1. The minimum absolute atomic E-state index is 0.0722. The second kappa shape index (κ2) is 5.36. The minimum Gasteiger partial charge on any atom is -0.324 e. The van der Waals surface area contributed by atoms with Gasteiger partial charge in [-0.25, -0.2) is 14.4 Å². The number of nitrogens with zero attached hydrogens (tertiary/aromatic N) is 2. The summed E-state index contributed by atoms with van der Waals surface area (Å²) in [5.74, 6) is -3.00. The Morgan fingerprint density at radius 1 is 1.21 bits per heavy atom. The van der Waals surface area contributed by atoms with Crippen molar-refractivity contribution in [2.24, 2.45) is 0 Å². The normalized spacial score (nSPS) is 14.1. The molecule has 1 N–H and O–H groups in total. The molecule has 0 saturated heterocycles. The van der Waals surface area contributed by atoms with Crippen LogP contribution in [0.25, 0.3) is 11.1 Å². The monoisotopic (exact) mass is 339 g/mol. The van der Waals surface area contributed by atoms with E-state index in [1.807, 2.05) is 0 Å². The van der Waals surface area contributed by atoms with Crippen molar-refractivity contribution < 1.29 is 27.2 Å². The summed E-state index contributed by atoms with van der Waals surface area (Å²) in [7, 11) is 0. The van der Waals surface area contributed by atoms with Crippen LogP contribution >= 0.6 is 0 Å². The molecule has 1 amide bonds. The smallest absolute Gasteiger partial charge is 0.324 e. The average Bonchev–Trinajstić information content (AvgIpc) is 2.79. The molecule has 0 aliphatic heterocycles. The van der Waals surface area contributed by atoms with E-state index in [-0.39, 0.29) is 22.5 Å². The van der Waals surface area contributed by atoms with Gasteiger partial charge in [-0.05, 0) is 24.6 Å². The molecule has 0 fully saturated rings. The Bertz CT molecular complexity index is 862. The summed E-state index contributed by atoms with van der Waals surface area (Å²) in [6.07, 6.45) is -5.57. The average molecular weight is 339 g/mol. The topological polar surface area (TPSA) is 72.0 Å². The number of anilines is 1. The van der Waals surface area contributed by atoms with E-state index in [0.29, 0.717) is 5.56 Å². The Labute approximate surface area is 132 Å². The lowest BCUT2D eigenvalue weighted by molar-refractivity contribution is -0.145. The fourth-order valence-electron chi connectivity index (χ4n) is 2.30. The molecule has 1 aromatic heterocycles. The summed E-state index contributed by atoms with van der Waals surface area (Å²) in [4.78, 5) is 30.2. The molecule has 1 atom stereocenters. The van der Waals surface area contributed by atoms with Crippen molar-refractivity contribution in [3.8, 4) is 11.1 Å². The first-order chi connectivity index (χ1) is 11.2. The summed E-state index contributed by atoms with van der Waals surface area (Å²) in [6, 6.07) is 4.13. The number of nitrogens with one attached hydrogen (secondary N) is 1. The molecule has 2 aromatic rings. The molecule has 9 heteroatoms. The van der Waals surface area contributed by atoms with Crippen LogP contribution in [0, 0.1) is 0 Å². The number of halogens is 4. The van der Waals surface area contributed by atoms with Crippen molar-refractivity contribution >= 4 is 17.4 Å². The van der Waals surface area contributed by atoms with E-state index in [1.54, 1.807) is 0 Å². The molecule has 124 valence electrons. The fraction of sp³-hybridized carbons (Fsp3) is 0.200. The Morgan fingerprint density at radius 3 is 2.54 bits per heavy atom. The van der Waals surface area contributed by atoms with Crippen LogP contribution in [0.1, 0.15) is 28.8 Å². The van der Waals surface area contributed by atoms with Gasteiger partial charge in [0.05, 0.1) is 0 Å². The maximum atomic E-state index is 12.9. The number of rotatable bonds is 2. The number of hydrogen-bond donors (Lipinski definition) is 1. The molecule has 1 aliphatic rings. The van der Waals surface area contributed by atoms with Crippen molar-refractivity contribution in [1.82, 2.24) is 9.97 Å². The van der Waals surface area contributed by atoms with Gasteiger partial charge in [0.15, 0.2) is 6.17 Å². The van der Waals surface area contributed by atoms with Gasteiger partial charge in [-0.3, -0.25) is 9.59 Å². The van der Waals surface area contributed by atoms with Gasteiger partial charge in [0.25, 0.3) is 5.91 Å². The quantitative estimate of drug-likeness (QED) is 0.729. The molecular weight excluding hydrogens is 330 g/mol. The highest BCUT2D eigenvalue weighted by Crippen LogP contribution is 2.38. The Balaban J connectivity index is 2.01. The molecule has 1 unspecified atom stereocenters. The van der Waals surface area contributed by atoms with Gasteiger partial charge >= 0.3 is 6.18 Å². The number of ketones is 1. The van der Waals surface area contributed by atoms with Gasteiger partial charge in [0.1, 0.15) is 5.69 Å². The second-order valence-electron chi connectivity index (χ2n) is 5.15. The maximum absolute atomic E-state index is 12.9. The van der Waals surface area contributed by atoms with E-state index in [1.165, 1.54) is 18.2 Å².